The van der Waals surface area contributed by atoms with E-state index in [2.05, 4.69) is 13.8 Å². The lowest BCUT2D eigenvalue weighted by Gasteiger charge is -2.58. The maximum atomic E-state index is 13.1. The van der Waals surface area contributed by atoms with Gasteiger partial charge in [0.1, 0.15) is 0 Å². The summed E-state index contributed by atoms with van der Waals surface area (Å²) in [7, 11) is 0. The van der Waals surface area contributed by atoms with Crippen LogP contribution in [0.15, 0.2) is 0 Å². The highest BCUT2D eigenvalue weighted by atomic mass is 17.3. The second-order valence-electron chi connectivity index (χ2n) is 11.6. The molecule has 4 heterocycles. The number of hydrogen-bond acceptors (Lipinski definition) is 5. The van der Waals surface area contributed by atoms with Crippen molar-refractivity contribution in [3.05, 3.63) is 0 Å². The molecule has 4 aliphatic heterocycles. The van der Waals surface area contributed by atoms with E-state index >= 15 is 0 Å². The summed E-state index contributed by atoms with van der Waals surface area (Å²) in [4.78, 5) is 25.1. The van der Waals surface area contributed by atoms with E-state index in [1.807, 2.05) is 6.92 Å². The van der Waals surface area contributed by atoms with Gasteiger partial charge in [0.2, 0.25) is 12.1 Å². The Morgan fingerprint density at radius 1 is 0.818 bits per heavy atom. The van der Waals surface area contributed by atoms with Crippen molar-refractivity contribution in [2.75, 3.05) is 0 Å². The molecule has 33 heavy (non-hydrogen) atoms. The summed E-state index contributed by atoms with van der Waals surface area (Å²) < 4.78 is 12.2. The maximum absolute atomic E-state index is 13.1. The smallest absolute Gasteiger partial charge is 0.311 e. The fraction of sp³-hybridized carbons (Fsp3) is 0.964. The zero-order valence-electron chi connectivity index (χ0n) is 21.4. The summed E-state index contributed by atoms with van der Waals surface area (Å²) in [5, 5.41) is 0. The van der Waals surface area contributed by atoms with E-state index in [1.54, 1.807) is 0 Å². The Balaban J connectivity index is 1.22. The first-order valence-corrected chi connectivity index (χ1v) is 14.3. The van der Waals surface area contributed by atoms with Crippen molar-refractivity contribution in [1.82, 2.24) is 0 Å². The lowest BCUT2D eigenvalue weighted by molar-refractivity contribution is -0.559. The predicted molar refractivity (Wildman–Crippen MR) is 128 cm³/mol. The number of ether oxygens (including phenoxy) is 2. The molecule has 0 amide bonds. The van der Waals surface area contributed by atoms with Crippen LogP contribution in [0.2, 0.25) is 0 Å². The average molecular weight is 465 g/mol. The minimum atomic E-state index is -0.805. The van der Waals surface area contributed by atoms with Gasteiger partial charge in [0.25, 0.3) is 0 Å². The molecule has 5 rings (SSSR count). The predicted octanol–water partition coefficient (Wildman–Crippen LogP) is 7.47. The molecule has 0 aromatic carbocycles. The van der Waals surface area contributed by atoms with Gasteiger partial charge in [-0.2, -0.15) is 0 Å². The van der Waals surface area contributed by atoms with Gasteiger partial charge in [0.15, 0.2) is 5.60 Å². The molecule has 4 saturated heterocycles. The second kappa shape index (κ2) is 11.4. The standard InChI is InChI=1S/C28H48O5/c1-4-5-6-7-8-9-10-11-12-13-14-15-16-22-24-18-17-21(2)23-19-20-27(3)31-26(30-25(22)29)28(23,24)33-32-27/h21-24,26H,4-20H2,1-3H3/t21-,22?,23+,24+,26-,27-,28-/m1/s1. The first kappa shape index (κ1) is 25.4. The number of carbonyl (C=O) groups excluding carboxylic acids is 1. The normalized spacial score (nSPS) is 39.7. The molecule has 0 aromatic heterocycles. The Hall–Kier alpha value is -0.650. The topological polar surface area (TPSA) is 54.0 Å². The zero-order chi connectivity index (χ0) is 23.3. The Morgan fingerprint density at radius 3 is 2.12 bits per heavy atom. The first-order valence-electron chi connectivity index (χ1n) is 14.3. The van der Waals surface area contributed by atoms with Crippen LogP contribution < -0.4 is 0 Å². The molecule has 1 saturated carbocycles. The molecule has 5 heteroatoms. The van der Waals surface area contributed by atoms with Crippen molar-refractivity contribution < 1.29 is 24.0 Å². The molecule has 5 fully saturated rings. The molecule has 190 valence electrons. The van der Waals surface area contributed by atoms with Crippen molar-refractivity contribution in [2.45, 2.75) is 148 Å². The van der Waals surface area contributed by atoms with Crippen molar-refractivity contribution in [3.63, 3.8) is 0 Å². The molecule has 5 aliphatic rings. The number of carbonyl (C=O) groups is 1. The van der Waals surface area contributed by atoms with Crippen LogP contribution in [-0.2, 0) is 24.0 Å². The Morgan fingerprint density at radius 2 is 1.45 bits per heavy atom. The molecule has 0 radical (unpaired) electrons. The van der Waals surface area contributed by atoms with Crippen LogP contribution in [0.4, 0.5) is 0 Å². The minimum absolute atomic E-state index is 0.0771. The van der Waals surface area contributed by atoms with E-state index in [0.717, 1.165) is 38.5 Å². The summed E-state index contributed by atoms with van der Waals surface area (Å²) in [6, 6.07) is 0. The number of esters is 1. The average Bonchev–Trinajstić information content (AvgIpc) is 3.03. The molecule has 1 aliphatic carbocycles. The van der Waals surface area contributed by atoms with Gasteiger partial charge in [-0.1, -0.05) is 90.9 Å². The van der Waals surface area contributed by atoms with Crippen molar-refractivity contribution in [1.29, 1.82) is 0 Å². The molecule has 0 N–H and O–H groups in total. The van der Waals surface area contributed by atoms with Crippen LogP contribution in [0.1, 0.15) is 130 Å². The molecule has 1 spiro atoms. The molecular formula is C28H48O5. The third kappa shape index (κ3) is 5.46. The second-order valence-corrected chi connectivity index (χ2v) is 11.6. The summed E-state index contributed by atoms with van der Waals surface area (Å²) in [5.74, 6) is 0.0184. The van der Waals surface area contributed by atoms with Crippen LogP contribution in [0, 0.1) is 23.7 Å². The van der Waals surface area contributed by atoms with Gasteiger partial charge in [-0.15, -0.1) is 0 Å². The van der Waals surface area contributed by atoms with Crippen molar-refractivity contribution in [2.24, 2.45) is 23.7 Å². The van der Waals surface area contributed by atoms with E-state index in [9.17, 15) is 4.79 Å². The third-order valence-electron chi connectivity index (χ3n) is 9.16. The van der Waals surface area contributed by atoms with Crippen molar-refractivity contribution >= 4 is 5.97 Å². The highest BCUT2D eigenvalue weighted by Gasteiger charge is 2.70. The monoisotopic (exact) mass is 464 g/mol. The lowest BCUT2D eigenvalue weighted by Crippen LogP contribution is -2.70. The van der Waals surface area contributed by atoms with Crippen LogP contribution >= 0.6 is 0 Å². The number of hydrogen-bond donors (Lipinski definition) is 0. The molecule has 5 nitrogen and oxygen atoms in total. The van der Waals surface area contributed by atoms with E-state index in [0.29, 0.717) is 11.8 Å². The molecule has 1 unspecified atom stereocenters. The highest BCUT2D eigenvalue weighted by Crippen LogP contribution is 2.60. The summed E-state index contributed by atoms with van der Waals surface area (Å²) in [6.45, 7) is 6.49. The zero-order valence-corrected chi connectivity index (χ0v) is 21.4. The molecule has 0 aromatic rings. The molecule has 7 atom stereocenters. The first-order chi connectivity index (χ1) is 16.0. The summed E-state index contributed by atoms with van der Waals surface area (Å²) >= 11 is 0. The van der Waals surface area contributed by atoms with Gasteiger partial charge in [-0.25, -0.2) is 9.78 Å². The number of fused-ring (bicyclic) bond motifs is 2. The Bertz CT molecular complexity index is 638. The molecule has 2 bridgehead atoms. The lowest BCUT2D eigenvalue weighted by atomic mass is 9.57. The van der Waals surface area contributed by atoms with Gasteiger partial charge in [-0.3, -0.25) is 4.79 Å². The van der Waals surface area contributed by atoms with Gasteiger partial charge in [0, 0.05) is 18.3 Å². The third-order valence-corrected chi connectivity index (χ3v) is 9.16. The van der Waals surface area contributed by atoms with Crippen LogP contribution in [0.25, 0.3) is 0 Å². The van der Waals surface area contributed by atoms with Crippen LogP contribution in [0.5, 0.6) is 0 Å². The minimum Gasteiger partial charge on any atom is -0.432 e. The fourth-order valence-electron chi connectivity index (χ4n) is 7.14. The largest absolute Gasteiger partial charge is 0.432 e. The van der Waals surface area contributed by atoms with E-state index in [4.69, 9.17) is 19.2 Å². The van der Waals surface area contributed by atoms with Gasteiger partial charge < -0.3 is 9.47 Å². The van der Waals surface area contributed by atoms with Gasteiger partial charge in [0.05, 0.1) is 5.92 Å². The summed E-state index contributed by atoms with van der Waals surface area (Å²) in [6.07, 6.45) is 20.2. The Kier molecular flexibility index (Phi) is 8.78. The Labute approximate surface area is 201 Å². The van der Waals surface area contributed by atoms with Crippen molar-refractivity contribution in [3.8, 4) is 0 Å². The van der Waals surface area contributed by atoms with Gasteiger partial charge in [-0.05, 0) is 38.5 Å². The summed E-state index contributed by atoms with van der Waals surface area (Å²) in [5.41, 5.74) is -0.622. The highest BCUT2D eigenvalue weighted by molar-refractivity contribution is 5.74. The SMILES string of the molecule is CCCCCCCCCCCCCCC1C(=O)O[C@@H]2O[C@@]3(C)CC[C@H]4[C@H](C)CC[C@@H]1[C@@]24OO3. The maximum Gasteiger partial charge on any atom is 0.311 e. The number of unbranched alkanes of at least 4 members (excludes halogenated alkanes) is 11. The van der Waals surface area contributed by atoms with Gasteiger partial charge >= 0.3 is 5.97 Å². The quantitative estimate of drug-likeness (QED) is 0.161. The van der Waals surface area contributed by atoms with Crippen LogP contribution in [0.3, 0.4) is 0 Å². The number of rotatable bonds is 13. The van der Waals surface area contributed by atoms with E-state index < -0.39 is 17.7 Å². The van der Waals surface area contributed by atoms with E-state index in [1.165, 1.54) is 70.6 Å². The van der Waals surface area contributed by atoms with E-state index in [-0.39, 0.29) is 17.8 Å². The van der Waals surface area contributed by atoms with Crippen LogP contribution in [-0.4, -0.2) is 23.6 Å². The molecular weight excluding hydrogens is 416 g/mol. The fourth-order valence-corrected chi connectivity index (χ4v) is 7.14.